The van der Waals surface area contributed by atoms with Crippen molar-refractivity contribution >= 4 is 11.5 Å². The molecule has 4 heteroatoms. The number of pyridine rings is 1. The molecule has 1 saturated heterocycles. The van der Waals surface area contributed by atoms with Crippen molar-refractivity contribution in [2.24, 2.45) is 5.92 Å². The summed E-state index contributed by atoms with van der Waals surface area (Å²) in [5.74, 6) is 1.84. The molecule has 1 fully saturated rings. The Kier molecular flexibility index (Phi) is 3.35. The van der Waals surface area contributed by atoms with Crippen molar-refractivity contribution in [3.05, 3.63) is 17.8 Å². The number of aromatic nitrogens is 1. The van der Waals surface area contributed by atoms with E-state index in [-0.39, 0.29) is 0 Å². The molecule has 2 aliphatic heterocycles. The SMILES string of the molecule is CC1CN(c2ccc3c(n2)C[C@@H](C)CN3C)CCN1. The molecule has 0 aliphatic carbocycles. The Morgan fingerprint density at radius 2 is 2.11 bits per heavy atom. The molecule has 1 aromatic heterocycles. The topological polar surface area (TPSA) is 31.4 Å². The summed E-state index contributed by atoms with van der Waals surface area (Å²) in [7, 11) is 2.17. The molecular formula is C15H24N4. The van der Waals surface area contributed by atoms with Crippen molar-refractivity contribution in [1.82, 2.24) is 10.3 Å². The van der Waals surface area contributed by atoms with Crippen molar-refractivity contribution in [2.45, 2.75) is 26.3 Å². The molecule has 3 rings (SSSR count). The summed E-state index contributed by atoms with van der Waals surface area (Å²) in [6, 6.07) is 4.98. The van der Waals surface area contributed by atoms with Gasteiger partial charge in [0, 0.05) is 39.3 Å². The van der Waals surface area contributed by atoms with E-state index in [2.05, 4.69) is 48.1 Å². The molecule has 2 aliphatic rings. The number of anilines is 2. The van der Waals surface area contributed by atoms with Crippen LogP contribution in [-0.4, -0.2) is 44.3 Å². The summed E-state index contributed by atoms with van der Waals surface area (Å²) < 4.78 is 0. The van der Waals surface area contributed by atoms with Gasteiger partial charge in [0.1, 0.15) is 5.82 Å². The second-order valence-corrected chi connectivity index (χ2v) is 6.13. The molecule has 1 unspecified atom stereocenters. The Hall–Kier alpha value is -1.29. The van der Waals surface area contributed by atoms with E-state index in [0.29, 0.717) is 12.0 Å². The summed E-state index contributed by atoms with van der Waals surface area (Å²) in [6.45, 7) is 8.84. The fourth-order valence-corrected chi connectivity index (χ4v) is 3.26. The van der Waals surface area contributed by atoms with Gasteiger partial charge in [-0.2, -0.15) is 0 Å². The van der Waals surface area contributed by atoms with Crippen LogP contribution >= 0.6 is 0 Å². The molecule has 1 N–H and O–H groups in total. The maximum absolute atomic E-state index is 4.93. The lowest BCUT2D eigenvalue weighted by molar-refractivity contribution is 0.480. The third kappa shape index (κ3) is 2.54. The summed E-state index contributed by atoms with van der Waals surface area (Å²) >= 11 is 0. The number of rotatable bonds is 1. The first kappa shape index (κ1) is 12.7. The number of piperazine rings is 1. The van der Waals surface area contributed by atoms with Gasteiger partial charge in [-0.05, 0) is 31.4 Å². The van der Waals surface area contributed by atoms with Crippen molar-refractivity contribution in [3.63, 3.8) is 0 Å². The Bertz CT molecular complexity index is 459. The number of hydrogen-bond donors (Lipinski definition) is 1. The van der Waals surface area contributed by atoms with Crippen LogP contribution in [0.4, 0.5) is 11.5 Å². The molecule has 0 bridgehead atoms. The summed E-state index contributed by atoms with van der Waals surface area (Å²) in [6.07, 6.45) is 1.11. The van der Waals surface area contributed by atoms with Gasteiger partial charge in [0.05, 0.1) is 11.4 Å². The van der Waals surface area contributed by atoms with Crippen molar-refractivity contribution in [2.75, 3.05) is 43.0 Å². The molecule has 2 atom stereocenters. The largest absolute Gasteiger partial charge is 0.373 e. The molecule has 4 nitrogen and oxygen atoms in total. The molecule has 0 amide bonds. The van der Waals surface area contributed by atoms with Crippen LogP contribution in [0.5, 0.6) is 0 Å². The van der Waals surface area contributed by atoms with E-state index in [0.717, 1.165) is 38.4 Å². The number of nitrogens with zero attached hydrogens (tertiary/aromatic N) is 3. The lowest BCUT2D eigenvalue weighted by atomic mass is 9.98. The third-order valence-electron chi connectivity index (χ3n) is 4.17. The van der Waals surface area contributed by atoms with Gasteiger partial charge in [0.25, 0.3) is 0 Å². The van der Waals surface area contributed by atoms with Gasteiger partial charge in [-0.1, -0.05) is 6.92 Å². The molecule has 3 heterocycles. The lowest BCUT2D eigenvalue weighted by Gasteiger charge is -2.35. The van der Waals surface area contributed by atoms with Gasteiger partial charge in [0.15, 0.2) is 0 Å². The molecule has 1 aromatic rings. The zero-order valence-corrected chi connectivity index (χ0v) is 12.2. The van der Waals surface area contributed by atoms with Crippen LogP contribution in [0.25, 0.3) is 0 Å². The summed E-state index contributed by atoms with van der Waals surface area (Å²) in [4.78, 5) is 9.67. The van der Waals surface area contributed by atoms with Crippen LogP contribution in [0.2, 0.25) is 0 Å². The maximum atomic E-state index is 4.93. The van der Waals surface area contributed by atoms with E-state index in [1.54, 1.807) is 0 Å². The highest BCUT2D eigenvalue weighted by Gasteiger charge is 2.23. The van der Waals surface area contributed by atoms with Crippen LogP contribution in [0.1, 0.15) is 19.5 Å². The highest BCUT2D eigenvalue weighted by Crippen LogP contribution is 2.29. The van der Waals surface area contributed by atoms with Crippen molar-refractivity contribution < 1.29 is 0 Å². The van der Waals surface area contributed by atoms with Gasteiger partial charge in [-0.15, -0.1) is 0 Å². The highest BCUT2D eigenvalue weighted by atomic mass is 15.2. The number of hydrogen-bond acceptors (Lipinski definition) is 4. The smallest absolute Gasteiger partial charge is 0.129 e. The normalized spacial score (nSPS) is 27.3. The molecule has 0 radical (unpaired) electrons. The molecular weight excluding hydrogens is 236 g/mol. The molecule has 104 valence electrons. The minimum absolute atomic E-state index is 0.549. The first-order valence-electron chi connectivity index (χ1n) is 7.33. The zero-order valence-electron chi connectivity index (χ0n) is 12.2. The van der Waals surface area contributed by atoms with Gasteiger partial charge < -0.3 is 15.1 Å². The van der Waals surface area contributed by atoms with Gasteiger partial charge in [0.2, 0.25) is 0 Å². The van der Waals surface area contributed by atoms with Gasteiger partial charge in [-0.3, -0.25) is 0 Å². The third-order valence-corrected chi connectivity index (χ3v) is 4.17. The molecule has 0 spiro atoms. The average Bonchev–Trinajstić information content (AvgIpc) is 2.37. The Morgan fingerprint density at radius 3 is 2.89 bits per heavy atom. The van der Waals surface area contributed by atoms with Crippen LogP contribution in [-0.2, 0) is 6.42 Å². The van der Waals surface area contributed by atoms with E-state index in [1.165, 1.54) is 11.4 Å². The zero-order chi connectivity index (χ0) is 13.4. The molecule has 0 aromatic carbocycles. The predicted octanol–water partition coefficient (Wildman–Crippen LogP) is 1.51. The Labute approximate surface area is 115 Å². The average molecular weight is 260 g/mol. The first-order chi connectivity index (χ1) is 9.13. The van der Waals surface area contributed by atoms with E-state index < -0.39 is 0 Å². The quantitative estimate of drug-likeness (QED) is 0.829. The predicted molar refractivity (Wildman–Crippen MR) is 80.1 cm³/mol. The number of fused-ring (bicyclic) bond motifs is 1. The van der Waals surface area contributed by atoms with Gasteiger partial charge in [-0.25, -0.2) is 4.98 Å². The molecule has 19 heavy (non-hydrogen) atoms. The second kappa shape index (κ2) is 5.00. The monoisotopic (exact) mass is 260 g/mol. The highest BCUT2D eigenvalue weighted by molar-refractivity contribution is 5.57. The summed E-state index contributed by atoms with van der Waals surface area (Å²) in [5.41, 5.74) is 2.58. The summed E-state index contributed by atoms with van der Waals surface area (Å²) in [5, 5.41) is 3.48. The standard InChI is InChI=1S/C15H24N4/c1-11-8-13-14(18(3)9-11)4-5-15(17-13)19-7-6-16-12(2)10-19/h4-5,11-12,16H,6-10H2,1-3H3/t11-,12?/m1/s1. The van der Waals surface area contributed by atoms with Crippen LogP contribution in [0.3, 0.4) is 0 Å². The van der Waals surface area contributed by atoms with Crippen LogP contribution in [0.15, 0.2) is 12.1 Å². The van der Waals surface area contributed by atoms with Gasteiger partial charge >= 0.3 is 0 Å². The van der Waals surface area contributed by atoms with E-state index >= 15 is 0 Å². The second-order valence-electron chi connectivity index (χ2n) is 6.13. The fourth-order valence-electron chi connectivity index (χ4n) is 3.26. The van der Waals surface area contributed by atoms with E-state index in [1.807, 2.05) is 0 Å². The lowest BCUT2D eigenvalue weighted by Crippen LogP contribution is -2.49. The Balaban J connectivity index is 1.86. The van der Waals surface area contributed by atoms with Crippen molar-refractivity contribution in [1.29, 1.82) is 0 Å². The van der Waals surface area contributed by atoms with Crippen LogP contribution in [0, 0.1) is 5.92 Å². The van der Waals surface area contributed by atoms with Crippen molar-refractivity contribution in [3.8, 4) is 0 Å². The van der Waals surface area contributed by atoms with Crippen LogP contribution < -0.4 is 15.1 Å². The maximum Gasteiger partial charge on any atom is 0.129 e. The molecule has 0 saturated carbocycles. The fraction of sp³-hybridized carbons (Fsp3) is 0.667. The number of nitrogens with one attached hydrogen (secondary N) is 1. The van der Waals surface area contributed by atoms with E-state index in [9.17, 15) is 0 Å². The minimum Gasteiger partial charge on any atom is -0.373 e. The minimum atomic E-state index is 0.549. The first-order valence-corrected chi connectivity index (χ1v) is 7.33. The van der Waals surface area contributed by atoms with E-state index in [4.69, 9.17) is 4.98 Å². The Morgan fingerprint density at radius 1 is 1.26 bits per heavy atom.